The van der Waals surface area contributed by atoms with Gasteiger partial charge in [0.2, 0.25) is 0 Å². The summed E-state index contributed by atoms with van der Waals surface area (Å²) in [6.07, 6.45) is 1.04. The second kappa shape index (κ2) is 10.2. The minimum atomic E-state index is 0. The lowest BCUT2D eigenvalue weighted by molar-refractivity contribution is 0.636. The number of rotatable bonds is 5. The summed E-state index contributed by atoms with van der Waals surface area (Å²) >= 11 is 2.03. The Morgan fingerprint density at radius 1 is 1.32 bits per heavy atom. The van der Waals surface area contributed by atoms with E-state index in [0.29, 0.717) is 18.5 Å². The molecule has 124 valence electrons. The highest BCUT2D eigenvalue weighted by molar-refractivity contribution is 14.0. The molecule has 0 saturated carbocycles. The molecule has 1 saturated heterocycles. The molecule has 1 fully saturated rings. The van der Waals surface area contributed by atoms with E-state index in [1.807, 2.05) is 11.8 Å². The van der Waals surface area contributed by atoms with Gasteiger partial charge < -0.3 is 16.0 Å². The Morgan fingerprint density at radius 2 is 1.95 bits per heavy atom. The van der Waals surface area contributed by atoms with Crippen molar-refractivity contribution in [2.45, 2.75) is 32.9 Å². The predicted octanol–water partition coefficient (Wildman–Crippen LogP) is 3.06. The molecular formula is C16H27IN4S. The molecule has 22 heavy (non-hydrogen) atoms. The van der Waals surface area contributed by atoms with Gasteiger partial charge in [-0.25, -0.2) is 4.99 Å². The van der Waals surface area contributed by atoms with Gasteiger partial charge in [-0.2, -0.15) is 11.8 Å². The van der Waals surface area contributed by atoms with Gasteiger partial charge in [0.05, 0.1) is 6.54 Å². The van der Waals surface area contributed by atoms with E-state index in [1.165, 1.54) is 22.8 Å². The van der Waals surface area contributed by atoms with Crippen molar-refractivity contribution in [3.63, 3.8) is 0 Å². The summed E-state index contributed by atoms with van der Waals surface area (Å²) < 4.78 is 0. The molecule has 1 aromatic rings. The van der Waals surface area contributed by atoms with Crippen molar-refractivity contribution >= 4 is 47.4 Å². The van der Waals surface area contributed by atoms with Gasteiger partial charge >= 0.3 is 0 Å². The fourth-order valence-corrected chi connectivity index (χ4v) is 3.11. The van der Waals surface area contributed by atoms with Crippen LogP contribution in [0.3, 0.4) is 0 Å². The van der Waals surface area contributed by atoms with E-state index in [2.05, 4.69) is 53.3 Å². The molecule has 0 radical (unpaired) electrons. The molecule has 1 atom stereocenters. The first-order valence-electron chi connectivity index (χ1n) is 7.67. The summed E-state index contributed by atoms with van der Waals surface area (Å²) in [6.45, 7) is 7.16. The zero-order valence-electron chi connectivity index (χ0n) is 13.4. The summed E-state index contributed by atoms with van der Waals surface area (Å²) in [7, 11) is 0. The van der Waals surface area contributed by atoms with Crippen molar-refractivity contribution in [3.8, 4) is 0 Å². The molecular weight excluding hydrogens is 407 g/mol. The maximum Gasteiger partial charge on any atom is 0.189 e. The Hall–Kier alpha value is -0.630. The maximum absolute atomic E-state index is 5.87. The van der Waals surface area contributed by atoms with E-state index in [4.69, 9.17) is 5.73 Å². The molecule has 3 N–H and O–H groups in total. The molecule has 0 amide bonds. The van der Waals surface area contributed by atoms with E-state index in [0.717, 1.165) is 19.5 Å². The number of hydrogen-bond donors (Lipinski definition) is 2. The van der Waals surface area contributed by atoms with Crippen molar-refractivity contribution in [2.75, 3.05) is 29.5 Å². The molecule has 1 aliphatic heterocycles. The van der Waals surface area contributed by atoms with Crippen molar-refractivity contribution < 1.29 is 0 Å². The van der Waals surface area contributed by atoms with Crippen LogP contribution in [0.1, 0.15) is 25.8 Å². The Kier molecular flexibility index (Phi) is 9.00. The molecule has 1 unspecified atom stereocenters. The van der Waals surface area contributed by atoms with Crippen LogP contribution in [-0.4, -0.2) is 36.6 Å². The van der Waals surface area contributed by atoms with Crippen LogP contribution < -0.4 is 16.0 Å². The topological polar surface area (TPSA) is 53.6 Å². The Labute approximate surface area is 155 Å². The van der Waals surface area contributed by atoms with E-state index in [9.17, 15) is 0 Å². The van der Waals surface area contributed by atoms with Crippen LogP contribution in [0.25, 0.3) is 0 Å². The number of halogens is 1. The number of guanidine groups is 1. The van der Waals surface area contributed by atoms with Crippen LogP contribution in [-0.2, 0) is 6.54 Å². The molecule has 1 aliphatic rings. The van der Waals surface area contributed by atoms with Gasteiger partial charge in [-0.05, 0) is 31.0 Å². The lowest BCUT2D eigenvalue weighted by Gasteiger charge is -2.28. The standard InChI is InChI=1S/C16H26N4S.HI/c1-3-13(2)19-16(17)18-12-14-4-6-15(7-5-14)20-8-10-21-11-9-20;/h4-7,13H,3,8-12H2,1-2H3,(H3,17,18,19);1H. The monoisotopic (exact) mass is 434 g/mol. The van der Waals surface area contributed by atoms with E-state index in [-0.39, 0.29) is 24.0 Å². The van der Waals surface area contributed by atoms with Crippen molar-refractivity contribution in [2.24, 2.45) is 10.7 Å². The van der Waals surface area contributed by atoms with Crippen molar-refractivity contribution in [1.29, 1.82) is 0 Å². The summed E-state index contributed by atoms with van der Waals surface area (Å²) in [5.74, 6) is 2.98. The van der Waals surface area contributed by atoms with Gasteiger partial charge in [0.25, 0.3) is 0 Å². The van der Waals surface area contributed by atoms with Crippen LogP contribution in [0.5, 0.6) is 0 Å². The highest BCUT2D eigenvalue weighted by Crippen LogP contribution is 2.20. The fourth-order valence-electron chi connectivity index (χ4n) is 2.21. The van der Waals surface area contributed by atoms with Crippen molar-refractivity contribution in [3.05, 3.63) is 29.8 Å². The minimum Gasteiger partial charge on any atom is -0.370 e. The zero-order valence-corrected chi connectivity index (χ0v) is 16.6. The second-order valence-corrected chi connectivity index (χ2v) is 6.65. The smallest absolute Gasteiger partial charge is 0.189 e. The number of anilines is 1. The summed E-state index contributed by atoms with van der Waals surface area (Å²) in [5, 5.41) is 3.18. The Balaban J connectivity index is 0.00000242. The van der Waals surface area contributed by atoms with Gasteiger partial charge in [-0.3, -0.25) is 0 Å². The van der Waals surface area contributed by atoms with Gasteiger partial charge in [0.1, 0.15) is 0 Å². The van der Waals surface area contributed by atoms with Gasteiger partial charge in [0.15, 0.2) is 5.96 Å². The van der Waals surface area contributed by atoms with Crippen LogP contribution in [0.4, 0.5) is 5.69 Å². The summed E-state index contributed by atoms with van der Waals surface area (Å²) in [5.41, 5.74) is 8.38. The maximum atomic E-state index is 5.87. The van der Waals surface area contributed by atoms with E-state index >= 15 is 0 Å². The number of aliphatic imine (C=N–C) groups is 1. The molecule has 1 heterocycles. The molecule has 4 nitrogen and oxygen atoms in total. The number of thioether (sulfide) groups is 1. The molecule has 0 bridgehead atoms. The van der Waals surface area contributed by atoms with Crippen LogP contribution in [0, 0.1) is 0 Å². The number of nitrogens with one attached hydrogen (secondary N) is 1. The summed E-state index contributed by atoms with van der Waals surface area (Å²) in [6, 6.07) is 9.06. The quantitative estimate of drug-likeness (QED) is 0.425. The molecule has 0 spiro atoms. The fraction of sp³-hybridized carbons (Fsp3) is 0.562. The largest absolute Gasteiger partial charge is 0.370 e. The highest BCUT2D eigenvalue weighted by atomic mass is 127. The average Bonchev–Trinajstić information content (AvgIpc) is 2.54. The van der Waals surface area contributed by atoms with Crippen LogP contribution >= 0.6 is 35.7 Å². The molecule has 1 aromatic carbocycles. The number of nitrogens with zero attached hydrogens (tertiary/aromatic N) is 2. The number of hydrogen-bond acceptors (Lipinski definition) is 3. The molecule has 0 aliphatic carbocycles. The first kappa shape index (κ1) is 19.4. The lowest BCUT2D eigenvalue weighted by atomic mass is 10.2. The normalized spacial score (nSPS) is 16.8. The first-order valence-corrected chi connectivity index (χ1v) is 8.82. The predicted molar refractivity (Wildman–Crippen MR) is 110 cm³/mol. The van der Waals surface area contributed by atoms with Gasteiger partial charge in [-0.15, -0.1) is 24.0 Å². The Bertz CT molecular complexity index is 458. The number of nitrogens with two attached hydrogens (primary N) is 1. The second-order valence-electron chi connectivity index (χ2n) is 5.42. The van der Waals surface area contributed by atoms with Crippen LogP contribution in [0.2, 0.25) is 0 Å². The minimum absolute atomic E-state index is 0. The van der Waals surface area contributed by atoms with Crippen molar-refractivity contribution in [1.82, 2.24) is 5.32 Å². The molecule has 2 rings (SSSR count). The first-order chi connectivity index (χ1) is 10.2. The third-order valence-electron chi connectivity index (χ3n) is 3.75. The molecule has 0 aromatic heterocycles. The number of benzene rings is 1. The third-order valence-corrected chi connectivity index (χ3v) is 4.69. The van der Waals surface area contributed by atoms with Gasteiger partial charge in [0, 0.05) is 36.3 Å². The summed E-state index contributed by atoms with van der Waals surface area (Å²) in [4.78, 5) is 6.84. The SMILES string of the molecule is CCC(C)NC(N)=NCc1ccc(N2CCSCC2)cc1.I. The van der Waals surface area contributed by atoms with Gasteiger partial charge in [-0.1, -0.05) is 19.1 Å². The van der Waals surface area contributed by atoms with E-state index < -0.39 is 0 Å². The van der Waals surface area contributed by atoms with Crippen LogP contribution in [0.15, 0.2) is 29.3 Å². The van der Waals surface area contributed by atoms with E-state index in [1.54, 1.807) is 0 Å². The average molecular weight is 434 g/mol. The Morgan fingerprint density at radius 3 is 2.55 bits per heavy atom. The molecule has 6 heteroatoms. The third kappa shape index (κ3) is 6.24. The zero-order chi connectivity index (χ0) is 15.1. The highest BCUT2D eigenvalue weighted by Gasteiger charge is 2.10. The lowest BCUT2D eigenvalue weighted by Crippen LogP contribution is -2.38.